The van der Waals surface area contributed by atoms with Crippen LogP contribution in [-0.4, -0.2) is 0 Å². The molecular weight excluding hydrogens is 993 g/mol. The third-order valence-corrected chi connectivity index (χ3v) is 15.5. The summed E-state index contributed by atoms with van der Waals surface area (Å²) in [5, 5.41) is 4.87. The van der Waals surface area contributed by atoms with Crippen LogP contribution in [0.5, 0.6) is 0 Å². The molecule has 4 heteroatoms. The highest BCUT2D eigenvalue weighted by Crippen LogP contribution is 2.49. The molecule has 0 amide bonds. The Hall–Kier alpha value is -10.4. The first-order valence-electron chi connectivity index (χ1n) is 28.3. The number of rotatable bonds is 14. The molecule has 0 bridgehead atoms. The second-order valence-electron chi connectivity index (χ2n) is 21.8. The first kappa shape index (κ1) is 51.0. The summed E-state index contributed by atoms with van der Waals surface area (Å²) in [5.74, 6) is 0. The molecule has 13 rings (SSSR count). The molecule has 4 nitrogen and oxygen atoms in total. The maximum atomic E-state index is 2.46. The van der Waals surface area contributed by atoms with Crippen molar-refractivity contribution in [1.82, 2.24) is 0 Å². The van der Waals surface area contributed by atoms with Gasteiger partial charge in [-0.1, -0.05) is 197 Å². The van der Waals surface area contributed by atoms with Crippen molar-refractivity contribution in [3.8, 4) is 22.3 Å². The first-order valence-corrected chi connectivity index (χ1v) is 28.3. The summed E-state index contributed by atoms with van der Waals surface area (Å²) in [7, 11) is 0. The van der Waals surface area contributed by atoms with E-state index < -0.39 is 0 Å². The lowest BCUT2D eigenvalue weighted by atomic mass is 9.81. The second kappa shape index (κ2) is 22.4. The molecule has 0 aliphatic carbocycles. The maximum absolute atomic E-state index is 2.46. The van der Waals surface area contributed by atoms with Gasteiger partial charge in [0.15, 0.2) is 0 Å². The third-order valence-electron chi connectivity index (χ3n) is 15.5. The van der Waals surface area contributed by atoms with Crippen molar-refractivity contribution < 1.29 is 0 Å². The van der Waals surface area contributed by atoms with Crippen molar-refractivity contribution in [2.45, 2.75) is 26.2 Å². The van der Waals surface area contributed by atoms with Crippen molar-refractivity contribution in [2.24, 2.45) is 0 Å². The van der Waals surface area contributed by atoms with E-state index in [9.17, 15) is 0 Å². The lowest BCUT2D eigenvalue weighted by Gasteiger charge is -2.33. The highest BCUT2D eigenvalue weighted by atomic mass is 15.2. The van der Waals surface area contributed by atoms with Gasteiger partial charge in [-0.2, -0.15) is 0 Å². The molecule has 0 saturated carbocycles. The van der Waals surface area contributed by atoms with Crippen LogP contribution in [0.3, 0.4) is 0 Å². The van der Waals surface area contributed by atoms with E-state index in [0.29, 0.717) is 0 Å². The SMILES string of the molecule is CC(C)(C)c1cc(-c2c3ccccc3c(-c3ccc(N(c4ccccc4)c4ccc(N(c5ccccc5)c5ccccc5)cc4)cc3)c3ccccc23)ccc1N(c1ccccc1)c1ccc(N(c2ccccc2)c2ccccc2)cc1. The average molecular weight is 1060 g/mol. The Morgan fingerprint density at radius 3 is 0.720 bits per heavy atom. The van der Waals surface area contributed by atoms with Crippen LogP contribution in [0.15, 0.2) is 322 Å². The molecule has 0 unspecified atom stereocenters. The van der Waals surface area contributed by atoms with Crippen molar-refractivity contribution >= 4 is 89.8 Å². The first-order chi connectivity index (χ1) is 40.4. The van der Waals surface area contributed by atoms with Gasteiger partial charge in [0.05, 0.1) is 0 Å². The van der Waals surface area contributed by atoms with E-state index in [1.165, 1.54) is 49.4 Å². The molecular formula is C78H62N4. The fourth-order valence-electron chi connectivity index (χ4n) is 11.7. The Morgan fingerprint density at radius 1 is 0.207 bits per heavy atom. The number of anilines is 12. The molecule has 0 aliphatic heterocycles. The van der Waals surface area contributed by atoms with E-state index in [4.69, 9.17) is 0 Å². The van der Waals surface area contributed by atoms with Crippen LogP contribution >= 0.6 is 0 Å². The molecule has 13 aromatic rings. The number of fused-ring (bicyclic) bond motifs is 2. The topological polar surface area (TPSA) is 13.0 Å². The van der Waals surface area contributed by atoms with Crippen molar-refractivity contribution in [1.29, 1.82) is 0 Å². The minimum absolute atomic E-state index is 0.219. The summed E-state index contributed by atoms with van der Waals surface area (Å²) in [5.41, 5.74) is 19.0. The van der Waals surface area contributed by atoms with Crippen LogP contribution in [0.2, 0.25) is 0 Å². The minimum atomic E-state index is -0.219. The Balaban J connectivity index is 0.888. The predicted molar refractivity (Wildman–Crippen MR) is 350 cm³/mol. The zero-order valence-corrected chi connectivity index (χ0v) is 46.4. The van der Waals surface area contributed by atoms with Crippen LogP contribution in [0.1, 0.15) is 26.3 Å². The zero-order valence-electron chi connectivity index (χ0n) is 46.4. The van der Waals surface area contributed by atoms with Crippen molar-refractivity contribution in [3.05, 3.63) is 327 Å². The Morgan fingerprint density at radius 2 is 0.427 bits per heavy atom. The highest BCUT2D eigenvalue weighted by molar-refractivity contribution is 6.21. The van der Waals surface area contributed by atoms with Crippen LogP contribution < -0.4 is 19.6 Å². The van der Waals surface area contributed by atoms with Gasteiger partial charge in [0.2, 0.25) is 0 Å². The van der Waals surface area contributed by atoms with Crippen LogP contribution in [-0.2, 0) is 5.41 Å². The van der Waals surface area contributed by atoms with Gasteiger partial charge in [0.1, 0.15) is 0 Å². The lowest BCUT2D eigenvalue weighted by Crippen LogP contribution is -2.19. The minimum Gasteiger partial charge on any atom is -0.311 e. The van der Waals surface area contributed by atoms with E-state index in [-0.39, 0.29) is 5.41 Å². The maximum Gasteiger partial charge on any atom is 0.0499 e. The largest absolute Gasteiger partial charge is 0.311 e. The van der Waals surface area contributed by atoms with E-state index in [1.807, 2.05) is 0 Å². The standard InChI is InChI=1S/C78H62N4/c1-78(2,3)74-56-58(44-55-75(74)82(64-36-20-9-21-37-64)69-53-51-67(52-54-69)80(61-30-14-6-15-31-61)62-32-16-7-17-33-62)77-72-40-24-22-38-70(72)76(71-39-23-25-41-73(71)77)57-42-45-65(46-43-57)81(63-34-18-8-19-35-63)68-49-47-66(48-50-68)79(59-26-10-4-11-27-59)60-28-12-5-13-29-60/h4-56H,1-3H3. The number of nitrogens with zero attached hydrogens (tertiary/aromatic N) is 4. The zero-order chi connectivity index (χ0) is 55.4. The number of hydrogen-bond donors (Lipinski definition) is 0. The third kappa shape index (κ3) is 10.0. The molecule has 0 saturated heterocycles. The summed E-state index contributed by atoms with van der Waals surface area (Å²) in [6.07, 6.45) is 0. The van der Waals surface area contributed by atoms with Crippen LogP contribution in [0, 0.1) is 0 Å². The Bertz CT molecular complexity index is 4130. The summed E-state index contributed by atoms with van der Waals surface area (Å²) < 4.78 is 0. The van der Waals surface area contributed by atoms with Crippen molar-refractivity contribution in [3.63, 3.8) is 0 Å². The van der Waals surface area contributed by atoms with E-state index in [0.717, 1.165) is 68.2 Å². The lowest BCUT2D eigenvalue weighted by molar-refractivity contribution is 0.591. The molecule has 0 radical (unpaired) electrons. The summed E-state index contributed by atoms with van der Waals surface area (Å²) in [6.45, 7) is 7.01. The molecule has 0 heterocycles. The van der Waals surface area contributed by atoms with Gasteiger partial charge in [-0.15, -0.1) is 0 Å². The van der Waals surface area contributed by atoms with E-state index in [1.54, 1.807) is 0 Å². The summed E-state index contributed by atoms with van der Waals surface area (Å²) in [4.78, 5) is 9.38. The van der Waals surface area contributed by atoms with Gasteiger partial charge in [-0.05, 0) is 200 Å². The molecule has 0 fully saturated rings. The molecule has 0 aromatic heterocycles. The average Bonchev–Trinajstić information content (AvgIpc) is 3.65. The fraction of sp³-hybridized carbons (Fsp3) is 0.0513. The van der Waals surface area contributed by atoms with Crippen LogP contribution in [0.4, 0.5) is 68.2 Å². The summed E-state index contributed by atoms with van der Waals surface area (Å²) >= 11 is 0. The number of benzene rings is 13. The quantitative estimate of drug-likeness (QED) is 0.101. The normalized spacial score (nSPS) is 11.4. The monoisotopic (exact) mass is 1050 g/mol. The van der Waals surface area contributed by atoms with Gasteiger partial charge in [-0.25, -0.2) is 0 Å². The van der Waals surface area contributed by atoms with Crippen LogP contribution in [0.25, 0.3) is 43.8 Å². The Kier molecular flexibility index (Phi) is 13.9. The molecule has 394 valence electrons. The number of hydrogen-bond acceptors (Lipinski definition) is 4. The Labute approximate surface area is 482 Å². The highest BCUT2D eigenvalue weighted by Gasteiger charge is 2.27. The smallest absolute Gasteiger partial charge is 0.0499 e. The van der Waals surface area contributed by atoms with Gasteiger partial charge < -0.3 is 19.6 Å². The van der Waals surface area contributed by atoms with Gasteiger partial charge in [-0.3, -0.25) is 0 Å². The molecule has 0 aliphatic rings. The van der Waals surface area contributed by atoms with Gasteiger partial charge in [0, 0.05) is 68.2 Å². The fourth-order valence-corrected chi connectivity index (χ4v) is 11.7. The molecule has 13 aromatic carbocycles. The molecule has 0 spiro atoms. The molecule has 0 atom stereocenters. The van der Waals surface area contributed by atoms with Gasteiger partial charge in [0.25, 0.3) is 0 Å². The molecule has 0 N–H and O–H groups in total. The predicted octanol–water partition coefficient (Wildman–Crippen LogP) is 22.5. The van der Waals surface area contributed by atoms with Crippen molar-refractivity contribution in [2.75, 3.05) is 19.6 Å². The second-order valence-corrected chi connectivity index (χ2v) is 21.8. The molecule has 82 heavy (non-hydrogen) atoms. The van der Waals surface area contributed by atoms with E-state index >= 15 is 0 Å². The number of para-hydroxylation sites is 6. The van der Waals surface area contributed by atoms with E-state index in [2.05, 4.69) is 362 Å². The van der Waals surface area contributed by atoms with Gasteiger partial charge >= 0.3 is 0 Å². The summed E-state index contributed by atoms with van der Waals surface area (Å²) in [6, 6.07) is 116.